The van der Waals surface area contributed by atoms with E-state index in [9.17, 15) is 29.4 Å². The van der Waals surface area contributed by atoms with Crippen LogP contribution < -0.4 is 17.0 Å². The van der Waals surface area contributed by atoms with Gasteiger partial charge in [0, 0.05) is 40.0 Å². The van der Waals surface area contributed by atoms with E-state index in [0.29, 0.717) is 0 Å². The zero-order valence-corrected chi connectivity index (χ0v) is 18.1. The highest BCUT2D eigenvalue weighted by Crippen LogP contribution is 2.33. The lowest BCUT2D eigenvalue weighted by molar-refractivity contribution is -0.138. The summed E-state index contributed by atoms with van der Waals surface area (Å²) >= 11 is 0. The van der Waals surface area contributed by atoms with E-state index in [0.717, 1.165) is 4.57 Å². The minimum atomic E-state index is -1.55. The van der Waals surface area contributed by atoms with E-state index in [1.54, 1.807) is 0 Å². The molecule has 0 spiro atoms. The number of hydrogen-bond acceptors (Lipinski definition) is 8. The Morgan fingerprint density at radius 1 is 1.28 bits per heavy atom. The van der Waals surface area contributed by atoms with E-state index in [1.807, 2.05) is 0 Å². The van der Waals surface area contributed by atoms with Crippen molar-refractivity contribution < 1.29 is 24.9 Å². The van der Waals surface area contributed by atoms with E-state index in [4.69, 9.17) is 10.8 Å². The Hall–Kier alpha value is -3.03. The molecule has 0 saturated carbocycles. The van der Waals surface area contributed by atoms with Gasteiger partial charge in [0.2, 0.25) is 5.91 Å². The number of carboxylic acid groups (broad SMARTS) is 1. The van der Waals surface area contributed by atoms with Crippen molar-refractivity contribution in [3.05, 3.63) is 27.2 Å². The van der Waals surface area contributed by atoms with E-state index < -0.39 is 46.9 Å². The van der Waals surface area contributed by atoms with Gasteiger partial charge in [-0.05, 0) is 13.3 Å². The summed E-state index contributed by atoms with van der Waals surface area (Å²) in [7, 11) is 2.79. The number of fused-ring (bicyclic) bond motifs is 1. The van der Waals surface area contributed by atoms with Crippen molar-refractivity contribution in [3.8, 4) is 0 Å². The second-order valence-corrected chi connectivity index (χ2v) is 8.54. The predicted octanol–water partition coefficient (Wildman–Crippen LogP) is -2.49. The monoisotopic (exact) mass is 452 g/mol. The van der Waals surface area contributed by atoms with Gasteiger partial charge >= 0.3 is 11.7 Å². The van der Waals surface area contributed by atoms with Crippen LogP contribution in [0.25, 0.3) is 11.2 Å². The highest BCUT2D eigenvalue weighted by Gasteiger charge is 2.43. The topological polar surface area (TPSA) is 186 Å². The molecule has 32 heavy (non-hydrogen) atoms. The molecular formula is C19H28N6O7. The van der Waals surface area contributed by atoms with Crippen LogP contribution in [0, 0.1) is 0 Å². The van der Waals surface area contributed by atoms with Crippen LogP contribution in [0.15, 0.2) is 15.9 Å². The van der Waals surface area contributed by atoms with Crippen molar-refractivity contribution in [2.45, 2.75) is 50.0 Å². The first-order valence-electron chi connectivity index (χ1n) is 10.1. The van der Waals surface area contributed by atoms with Gasteiger partial charge in [0.05, 0.1) is 30.1 Å². The number of aliphatic hydroxyl groups excluding tert-OH is 1. The fourth-order valence-electron chi connectivity index (χ4n) is 4.22. The van der Waals surface area contributed by atoms with Crippen LogP contribution in [0.5, 0.6) is 0 Å². The predicted molar refractivity (Wildman–Crippen MR) is 112 cm³/mol. The number of nitrogens with two attached hydrogens (primary N) is 1. The maximum atomic E-state index is 12.9. The van der Waals surface area contributed by atoms with Gasteiger partial charge in [-0.15, -0.1) is 0 Å². The van der Waals surface area contributed by atoms with Gasteiger partial charge in [-0.25, -0.2) is 9.78 Å². The van der Waals surface area contributed by atoms with Crippen molar-refractivity contribution in [2.75, 3.05) is 13.1 Å². The molecule has 3 heterocycles. The first-order chi connectivity index (χ1) is 14.8. The second kappa shape index (κ2) is 8.48. The Morgan fingerprint density at radius 2 is 1.94 bits per heavy atom. The van der Waals surface area contributed by atoms with Crippen molar-refractivity contribution in [2.24, 2.45) is 19.8 Å². The summed E-state index contributed by atoms with van der Waals surface area (Å²) < 4.78 is 3.54. The van der Waals surface area contributed by atoms with Gasteiger partial charge in [-0.3, -0.25) is 23.5 Å². The Labute approximate surface area is 182 Å². The Morgan fingerprint density at radius 3 is 2.56 bits per heavy atom. The molecule has 176 valence electrons. The summed E-state index contributed by atoms with van der Waals surface area (Å²) in [4.78, 5) is 54.2. The molecule has 1 fully saturated rings. The molecule has 1 amide bonds. The van der Waals surface area contributed by atoms with Gasteiger partial charge < -0.3 is 30.5 Å². The number of carbonyl (C=O) groups is 2. The van der Waals surface area contributed by atoms with Crippen LogP contribution in [-0.4, -0.2) is 81.6 Å². The number of hydrogen-bond donors (Lipinski definition) is 4. The van der Waals surface area contributed by atoms with E-state index in [2.05, 4.69) is 4.98 Å². The van der Waals surface area contributed by atoms with Crippen molar-refractivity contribution in [1.82, 2.24) is 23.6 Å². The Bertz CT molecular complexity index is 1160. The molecule has 3 rings (SSSR count). The lowest BCUT2D eigenvalue weighted by Crippen LogP contribution is -2.48. The smallest absolute Gasteiger partial charge is 0.332 e. The first kappa shape index (κ1) is 23.6. The van der Waals surface area contributed by atoms with Gasteiger partial charge in [0.15, 0.2) is 11.2 Å². The maximum absolute atomic E-state index is 12.9. The molecule has 0 radical (unpaired) electrons. The number of β-amino-alcohol motifs (C(OH)–C–C–N with tert-alkyl or cyclic N) is 1. The van der Waals surface area contributed by atoms with Crippen molar-refractivity contribution in [1.29, 1.82) is 0 Å². The molecule has 13 heteroatoms. The molecule has 0 bridgehead atoms. The summed E-state index contributed by atoms with van der Waals surface area (Å²) in [5, 5.41) is 30.5. The number of carbonyl (C=O) groups excluding carboxylic acids is 1. The third kappa shape index (κ3) is 4.18. The summed E-state index contributed by atoms with van der Waals surface area (Å²) in [5.74, 6) is -1.66. The van der Waals surface area contributed by atoms with Crippen LogP contribution in [0.3, 0.4) is 0 Å². The summed E-state index contributed by atoms with van der Waals surface area (Å²) in [6.45, 7) is 1.26. The van der Waals surface area contributed by atoms with Gasteiger partial charge in [0.25, 0.3) is 5.56 Å². The molecule has 4 atom stereocenters. The molecular weight excluding hydrogens is 424 g/mol. The number of nitrogens with zero attached hydrogens (tertiary/aromatic N) is 5. The SMILES string of the molecule is Cn1c(=O)c2c(ncn2[C@@H]2CN(C(=O)[C@@H](N)CCC(=O)O)C[C@@H](O)C[C@@]2(C)O)n(C)c1=O. The van der Waals surface area contributed by atoms with E-state index in [1.165, 1.54) is 41.4 Å². The molecule has 1 aliphatic rings. The molecule has 0 aliphatic carbocycles. The minimum Gasteiger partial charge on any atom is -0.481 e. The van der Waals surface area contributed by atoms with E-state index in [-0.39, 0.29) is 43.5 Å². The first-order valence-corrected chi connectivity index (χ1v) is 10.1. The average Bonchev–Trinajstić information content (AvgIpc) is 3.10. The molecule has 1 aliphatic heterocycles. The Kier molecular flexibility index (Phi) is 6.26. The van der Waals surface area contributed by atoms with E-state index >= 15 is 0 Å². The van der Waals surface area contributed by atoms with Crippen LogP contribution in [0.4, 0.5) is 0 Å². The number of imidazole rings is 1. The summed E-state index contributed by atoms with van der Waals surface area (Å²) in [5.41, 5.74) is 3.35. The zero-order valence-electron chi connectivity index (χ0n) is 18.1. The number of rotatable bonds is 5. The number of likely N-dealkylation sites (tertiary alicyclic amines) is 1. The van der Waals surface area contributed by atoms with Crippen LogP contribution in [0.1, 0.15) is 32.2 Å². The highest BCUT2D eigenvalue weighted by atomic mass is 16.4. The van der Waals surface area contributed by atoms with Gasteiger partial charge in [-0.1, -0.05) is 0 Å². The minimum absolute atomic E-state index is 0.0684. The molecule has 0 unspecified atom stereocenters. The maximum Gasteiger partial charge on any atom is 0.332 e. The number of aliphatic hydroxyl groups is 2. The lowest BCUT2D eigenvalue weighted by atomic mass is 9.91. The lowest BCUT2D eigenvalue weighted by Gasteiger charge is -2.34. The Balaban J connectivity index is 2.06. The van der Waals surface area contributed by atoms with Crippen LogP contribution in [-0.2, 0) is 23.7 Å². The molecule has 5 N–H and O–H groups in total. The number of aliphatic carboxylic acids is 1. The fourth-order valence-corrected chi connectivity index (χ4v) is 4.22. The quantitative estimate of drug-likeness (QED) is 0.381. The molecule has 0 aromatic carbocycles. The average molecular weight is 452 g/mol. The third-order valence-electron chi connectivity index (χ3n) is 6.00. The highest BCUT2D eigenvalue weighted by molar-refractivity contribution is 5.82. The summed E-state index contributed by atoms with van der Waals surface area (Å²) in [6, 6.07) is -2.00. The summed E-state index contributed by atoms with van der Waals surface area (Å²) in [6.07, 6.45) is -0.237. The number of aromatic nitrogens is 4. The molecule has 2 aromatic rings. The number of amides is 1. The number of carboxylic acids is 1. The second-order valence-electron chi connectivity index (χ2n) is 8.54. The zero-order chi connectivity index (χ0) is 24.0. The van der Waals surface area contributed by atoms with Gasteiger partial charge in [-0.2, -0.15) is 0 Å². The standard InChI is InChI=1S/C19H28N6O7/c1-19(32)6-10(26)7-24(16(29)11(20)4-5-13(27)28)8-12(19)25-9-21-15-14(25)17(30)23(3)18(31)22(15)2/h9-12,26,32H,4-8,20H2,1-3H3,(H,27,28)/t10-,11-,12+,19+/m0/s1. The largest absolute Gasteiger partial charge is 0.481 e. The van der Waals surface area contributed by atoms with Gasteiger partial charge in [0.1, 0.15) is 0 Å². The number of aryl methyl sites for hydroxylation is 1. The molecule has 1 saturated heterocycles. The van der Waals surface area contributed by atoms with Crippen molar-refractivity contribution >= 4 is 23.0 Å². The normalized spacial score (nSPS) is 25.0. The van der Waals surface area contributed by atoms with Crippen LogP contribution in [0.2, 0.25) is 0 Å². The van der Waals surface area contributed by atoms with Crippen LogP contribution >= 0.6 is 0 Å². The third-order valence-corrected chi connectivity index (χ3v) is 6.00. The fraction of sp³-hybridized carbons (Fsp3) is 0.632. The molecule has 13 nitrogen and oxygen atoms in total. The molecule has 2 aromatic heterocycles. The van der Waals surface area contributed by atoms with Crippen molar-refractivity contribution in [3.63, 3.8) is 0 Å².